The molecule has 0 spiro atoms. The minimum atomic E-state index is 0.526. The third-order valence-electron chi connectivity index (χ3n) is 2.64. The second-order valence-corrected chi connectivity index (χ2v) is 4.98. The molecule has 0 saturated heterocycles. The maximum absolute atomic E-state index is 5.25. The molecular weight excluding hydrogens is 288 g/mol. The molecule has 3 aromatic rings. The number of tetrazole rings is 1. The van der Waals surface area contributed by atoms with Crippen LogP contribution in [0.15, 0.2) is 47.9 Å². The van der Waals surface area contributed by atoms with Crippen molar-refractivity contribution in [1.82, 2.24) is 30.2 Å². The Labute approximate surface area is 124 Å². The van der Waals surface area contributed by atoms with Gasteiger partial charge in [-0.25, -0.2) is 10.8 Å². The van der Waals surface area contributed by atoms with E-state index in [-0.39, 0.29) is 0 Å². The summed E-state index contributed by atoms with van der Waals surface area (Å²) in [6.45, 7) is 0. The number of hydrogen-bond acceptors (Lipinski definition) is 8. The third kappa shape index (κ3) is 3.15. The lowest BCUT2D eigenvalue weighted by atomic mass is 10.3. The van der Waals surface area contributed by atoms with Crippen LogP contribution in [0.4, 0.5) is 5.82 Å². The van der Waals surface area contributed by atoms with Crippen LogP contribution >= 0.6 is 11.8 Å². The Morgan fingerprint density at radius 1 is 1.14 bits per heavy atom. The first-order chi connectivity index (χ1) is 10.4. The van der Waals surface area contributed by atoms with Crippen LogP contribution in [0.5, 0.6) is 0 Å². The highest BCUT2D eigenvalue weighted by Crippen LogP contribution is 2.21. The first-order valence-corrected chi connectivity index (χ1v) is 7.09. The molecule has 0 aliphatic heterocycles. The number of nitrogens with zero attached hydrogens (tertiary/aromatic N) is 6. The molecule has 3 N–H and O–H groups in total. The van der Waals surface area contributed by atoms with Crippen LogP contribution in [-0.4, -0.2) is 30.2 Å². The fourth-order valence-electron chi connectivity index (χ4n) is 1.64. The van der Waals surface area contributed by atoms with Crippen LogP contribution in [0.25, 0.3) is 5.69 Å². The van der Waals surface area contributed by atoms with Crippen LogP contribution in [0.1, 0.15) is 5.69 Å². The molecule has 2 heterocycles. The van der Waals surface area contributed by atoms with Crippen LogP contribution in [0.3, 0.4) is 0 Å². The lowest BCUT2D eigenvalue weighted by molar-refractivity contribution is 0.756. The van der Waals surface area contributed by atoms with Gasteiger partial charge in [0.15, 0.2) is 5.82 Å². The zero-order valence-electron chi connectivity index (χ0n) is 10.9. The Bertz CT molecular complexity index is 697. The number of benzene rings is 1. The number of anilines is 1. The van der Waals surface area contributed by atoms with Gasteiger partial charge >= 0.3 is 0 Å². The number of hydrogen-bond donors (Lipinski definition) is 2. The van der Waals surface area contributed by atoms with E-state index in [1.165, 1.54) is 11.8 Å². The number of nitrogens with two attached hydrogens (primary N) is 1. The van der Waals surface area contributed by atoms with Gasteiger partial charge in [0.25, 0.3) is 0 Å². The van der Waals surface area contributed by atoms with Crippen molar-refractivity contribution in [3.05, 3.63) is 48.4 Å². The number of thioether (sulfide) groups is 1. The molecule has 2 aromatic heterocycles. The topological polar surface area (TPSA) is 107 Å². The van der Waals surface area contributed by atoms with E-state index in [1.54, 1.807) is 17.1 Å². The molecule has 0 aliphatic carbocycles. The molecular formula is C12H12N8S. The second kappa shape index (κ2) is 6.29. The summed E-state index contributed by atoms with van der Waals surface area (Å²) in [6, 6.07) is 9.72. The maximum atomic E-state index is 5.25. The number of para-hydroxylation sites is 1. The van der Waals surface area contributed by atoms with E-state index < -0.39 is 0 Å². The molecule has 21 heavy (non-hydrogen) atoms. The Morgan fingerprint density at radius 3 is 2.71 bits per heavy atom. The molecule has 0 aliphatic rings. The molecule has 0 fully saturated rings. The fraction of sp³-hybridized carbons (Fsp3) is 0.0833. The summed E-state index contributed by atoms with van der Waals surface area (Å²) >= 11 is 1.49. The van der Waals surface area contributed by atoms with Crippen molar-refractivity contribution in [2.24, 2.45) is 5.84 Å². The average Bonchev–Trinajstić information content (AvgIpc) is 3.03. The highest BCUT2D eigenvalue weighted by molar-refractivity contribution is 7.98. The summed E-state index contributed by atoms with van der Waals surface area (Å²) in [7, 11) is 0. The van der Waals surface area contributed by atoms with E-state index in [2.05, 4.69) is 30.9 Å². The highest BCUT2D eigenvalue weighted by Gasteiger charge is 2.09. The van der Waals surface area contributed by atoms with Gasteiger partial charge in [-0.1, -0.05) is 30.0 Å². The summed E-state index contributed by atoms with van der Waals surface area (Å²) < 4.78 is 1.69. The predicted molar refractivity (Wildman–Crippen MR) is 78.6 cm³/mol. The number of nitrogens with one attached hydrogen (secondary N) is 1. The average molecular weight is 300 g/mol. The Hall–Kier alpha value is -2.52. The number of hydrazine groups is 1. The minimum Gasteiger partial charge on any atom is -0.307 e. The molecule has 0 radical (unpaired) electrons. The molecule has 0 atom stereocenters. The van der Waals surface area contributed by atoms with Crippen molar-refractivity contribution in [2.75, 3.05) is 5.43 Å². The van der Waals surface area contributed by atoms with Gasteiger partial charge < -0.3 is 5.43 Å². The Balaban J connectivity index is 1.72. The van der Waals surface area contributed by atoms with Gasteiger partial charge in [-0.2, -0.15) is 4.68 Å². The van der Waals surface area contributed by atoms with Crippen molar-refractivity contribution in [2.45, 2.75) is 10.9 Å². The van der Waals surface area contributed by atoms with Crippen LogP contribution in [0, 0.1) is 0 Å². The van der Waals surface area contributed by atoms with Gasteiger partial charge in [-0.15, -0.1) is 5.10 Å². The number of rotatable bonds is 5. The quantitative estimate of drug-likeness (QED) is 0.409. The molecule has 1 aromatic carbocycles. The first-order valence-electron chi connectivity index (χ1n) is 6.11. The van der Waals surface area contributed by atoms with Crippen LogP contribution in [0.2, 0.25) is 0 Å². The fourth-order valence-corrected chi connectivity index (χ4v) is 2.43. The SMILES string of the molecule is NNc1cnc(CSc2nnnn2-c2ccccc2)cn1. The van der Waals surface area contributed by atoms with Gasteiger partial charge in [0.2, 0.25) is 5.16 Å². The summed E-state index contributed by atoms with van der Waals surface area (Å²) in [5.74, 6) is 6.39. The van der Waals surface area contributed by atoms with E-state index in [9.17, 15) is 0 Å². The second-order valence-electron chi connectivity index (χ2n) is 4.03. The molecule has 0 bridgehead atoms. The van der Waals surface area contributed by atoms with E-state index in [1.807, 2.05) is 30.3 Å². The summed E-state index contributed by atoms with van der Waals surface area (Å²) in [5.41, 5.74) is 4.17. The van der Waals surface area contributed by atoms with E-state index in [0.717, 1.165) is 11.4 Å². The largest absolute Gasteiger partial charge is 0.307 e. The van der Waals surface area contributed by atoms with Crippen molar-refractivity contribution >= 4 is 17.6 Å². The van der Waals surface area contributed by atoms with E-state index in [0.29, 0.717) is 16.7 Å². The highest BCUT2D eigenvalue weighted by atomic mass is 32.2. The third-order valence-corrected chi connectivity index (χ3v) is 3.60. The van der Waals surface area contributed by atoms with Gasteiger partial charge in [-0.3, -0.25) is 4.98 Å². The number of nitrogen functional groups attached to an aromatic ring is 1. The lowest BCUT2D eigenvalue weighted by Crippen LogP contribution is -2.09. The molecule has 106 valence electrons. The normalized spacial score (nSPS) is 10.5. The van der Waals surface area contributed by atoms with Gasteiger partial charge in [0, 0.05) is 5.75 Å². The van der Waals surface area contributed by atoms with Crippen LogP contribution in [-0.2, 0) is 5.75 Å². The Kier molecular flexibility index (Phi) is 4.03. The summed E-state index contributed by atoms with van der Waals surface area (Å²) in [4.78, 5) is 8.35. The molecule has 8 nitrogen and oxygen atoms in total. The number of aromatic nitrogens is 6. The molecule has 3 rings (SSSR count). The summed E-state index contributed by atoms with van der Waals surface area (Å²) in [5, 5.41) is 12.4. The Morgan fingerprint density at radius 2 is 2.00 bits per heavy atom. The molecule has 0 amide bonds. The van der Waals surface area contributed by atoms with Crippen molar-refractivity contribution < 1.29 is 0 Å². The van der Waals surface area contributed by atoms with Crippen molar-refractivity contribution in [3.8, 4) is 5.69 Å². The monoisotopic (exact) mass is 300 g/mol. The van der Waals surface area contributed by atoms with Crippen molar-refractivity contribution in [1.29, 1.82) is 0 Å². The lowest BCUT2D eigenvalue weighted by Gasteiger charge is -2.04. The molecule has 0 unspecified atom stereocenters. The van der Waals surface area contributed by atoms with Crippen LogP contribution < -0.4 is 11.3 Å². The minimum absolute atomic E-state index is 0.526. The zero-order valence-corrected chi connectivity index (χ0v) is 11.7. The molecule has 0 saturated carbocycles. The standard InChI is InChI=1S/C12H12N8S/c13-16-11-7-14-9(6-15-11)8-21-12-17-18-19-20(12)10-4-2-1-3-5-10/h1-7H,8,13H2,(H,15,16). The first kappa shape index (κ1) is 13.5. The molecule has 9 heteroatoms. The smallest absolute Gasteiger partial charge is 0.214 e. The van der Waals surface area contributed by atoms with Gasteiger partial charge in [0.1, 0.15) is 0 Å². The van der Waals surface area contributed by atoms with E-state index >= 15 is 0 Å². The van der Waals surface area contributed by atoms with Crippen molar-refractivity contribution in [3.63, 3.8) is 0 Å². The van der Waals surface area contributed by atoms with E-state index in [4.69, 9.17) is 5.84 Å². The summed E-state index contributed by atoms with van der Waals surface area (Å²) in [6.07, 6.45) is 3.24. The predicted octanol–water partition coefficient (Wildman–Crippen LogP) is 1.03. The van der Waals surface area contributed by atoms with Gasteiger partial charge in [0.05, 0.1) is 23.8 Å². The zero-order chi connectivity index (χ0) is 14.5. The maximum Gasteiger partial charge on any atom is 0.214 e. The van der Waals surface area contributed by atoms with Gasteiger partial charge in [-0.05, 0) is 22.6 Å².